The Morgan fingerprint density at radius 3 is 2.67 bits per heavy atom. The van der Waals surface area contributed by atoms with Gasteiger partial charge in [-0.15, -0.1) is 11.8 Å². The molecule has 0 bridgehead atoms. The van der Waals surface area contributed by atoms with Gasteiger partial charge < -0.3 is 10.1 Å². The lowest BCUT2D eigenvalue weighted by Gasteiger charge is -2.13. The number of rotatable bonds is 8. The second-order valence-corrected chi connectivity index (χ2v) is 7.39. The number of para-hydroxylation sites is 1. The molecule has 0 aliphatic heterocycles. The summed E-state index contributed by atoms with van der Waals surface area (Å²) in [7, 11) is 0. The molecule has 5 heteroatoms. The first-order valence-corrected chi connectivity index (χ1v) is 9.89. The summed E-state index contributed by atoms with van der Waals surface area (Å²) in [4.78, 5) is 12.1. The van der Waals surface area contributed by atoms with Crippen LogP contribution in [0.25, 0.3) is 0 Å². The number of anilines is 1. The summed E-state index contributed by atoms with van der Waals surface area (Å²) in [6.45, 7) is 4.71. The second kappa shape index (κ2) is 9.74. The van der Waals surface area contributed by atoms with Gasteiger partial charge in [0.2, 0.25) is 5.91 Å². The van der Waals surface area contributed by atoms with Gasteiger partial charge in [-0.3, -0.25) is 4.79 Å². The fourth-order valence-corrected chi connectivity index (χ4v) is 3.16. The van der Waals surface area contributed by atoms with Crippen molar-refractivity contribution in [1.29, 1.82) is 0 Å². The van der Waals surface area contributed by atoms with Crippen LogP contribution in [0, 0.1) is 6.92 Å². The highest BCUT2D eigenvalue weighted by molar-refractivity contribution is 9.10. The zero-order valence-electron chi connectivity index (χ0n) is 14.0. The number of thioether (sulfide) groups is 1. The van der Waals surface area contributed by atoms with Crippen LogP contribution < -0.4 is 10.1 Å². The van der Waals surface area contributed by atoms with E-state index in [1.807, 2.05) is 43.3 Å². The number of amides is 1. The van der Waals surface area contributed by atoms with Crippen molar-refractivity contribution in [3.63, 3.8) is 0 Å². The summed E-state index contributed by atoms with van der Waals surface area (Å²) < 4.78 is 6.67. The molecule has 3 nitrogen and oxygen atoms in total. The Morgan fingerprint density at radius 1 is 1.21 bits per heavy atom. The predicted octanol–water partition coefficient (Wildman–Crippen LogP) is 5.07. The summed E-state index contributed by atoms with van der Waals surface area (Å²) in [6, 6.07) is 13.8. The largest absolute Gasteiger partial charge is 0.493 e. The third kappa shape index (κ3) is 5.87. The lowest BCUT2D eigenvalue weighted by molar-refractivity contribution is -0.113. The predicted molar refractivity (Wildman–Crippen MR) is 106 cm³/mol. The first-order valence-electron chi connectivity index (χ1n) is 7.94. The first-order chi connectivity index (χ1) is 11.6. The van der Waals surface area contributed by atoms with Gasteiger partial charge in [0.1, 0.15) is 5.75 Å². The highest BCUT2D eigenvalue weighted by atomic mass is 79.9. The zero-order chi connectivity index (χ0) is 17.4. The molecule has 0 spiro atoms. The number of carbonyl (C=O) groups is 1. The van der Waals surface area contributed by atoms with Crippen molar-refractivity contribution in [1.82, 2.24) is 0 Å². The maximum absolute atomic E-state index is 12.1. The average Bonchev–Trinajstić information content (AvgIpc) is 2.58. The third-order valence-electron chi connectivity index (χ3n) is 3.55. The summed E-state index contributed by atoms with van der Waals surface area (Å²) in [5.41, 5.74) is 3.23. The third-order valence-corrected chi connectivity index (χ3v) is 5.00. The maximum Gasteiger partial charge on any atom is 0.234 e. The topological polar surface area (TPSA) is 38.3 Å². The van der Waals surface area contributed by atoms with E-state index in [0.717, 1.165) is 33.6 Å². The molecule has 1 amide bonds. The van der Waals surface area contributed by atoms with E-state index in [-0.39, 0.29) is 5.91 Å². The molecule has 0 aromatic heterocycles. The molecule has 2 aromatic carbocycles. The Balaban J connectivity index is 1.71. The van der Waals surface area contributed by atoms with Crippen molar-refractivity contribution in [2.75, 3.05) is 23.4 Å². The molecule has 0 saturated heterocycles. The number of halogens is 1. The van der Waals surface area contributed by atoms with Gasteiger partial charge >= 0.3 is 0 Å². The molecule has 0 heterocycles. The van der Waals surface area contributed by atoms with Crippen LogP contribution in [-0.2, 0) is 11.2 Å². The molecule has 0 fully saturated rings. The fourth-order valence-electron chi connectivity index (χ4n) is 2.29. The lowest BCUT2D eigenvalue weighted by atomic mass is 10.1. The molecule has 2 aromatic rings. The van der Waals surface area contributed by atoms with Gasteiger partial charge in [-0.25, -0.2) is 0 Å². The van der Waals surface area contributed by atoms with Crippen LogP contribution in [-0.4, -0.2) is 24.0 Å². The fraction of sp³-hybridized carbons (Fsp3) is 0.316. The number of hydrogen-bond acceptors (Lipinski definition) is 3. The molecule has 2 rings (SSSR count). The van der Waals surface area contributed by atoms with Crippen LogP contribution in [0.15, 0.2) is 46.9 Å². The van der Waals surface area contributed by atoms with Gasteiger partial charge in [0, 0.05) is 15.9 Å². The first kappa shape index (κ1) is 18.9. The minimum absolute atomic E-state index is 0.0349. The minimum atomic E-state index is 0.0349. The monoisotopic (exact) mass is 407 g/mol. The van der Waals surface area contributed by atoms with Crippen molar-refractivity contribution >= 4 is 39.3 Å². The molecular formula is C19H22BrNO2S. The van der Waals surface area contributed by atoms with Gasteiger partial charge in [-0.2, -0.15) is 0 Å². The van der Waals surface area contributed by atoms with Crippen molar-refractivity contribution < 1.29 is 9.53 Å². The number of benzene rings is 2. The second-order valence-electron chi connectivity index (χ2n) is 5.37. The molecule has 0 aliphatic carbocycles. The summed E-state index contributed by atoms with van der Waals surface area (Å²) in [6.07, 6.45) is 0.908. The molecule has 1 N–H and O–H groups in total. The Morgan fingerprint density at radius 2 is 1.96 bits per heavy atom. The van der Waals surface area contributed by atoms with E-state index >= 15 is 0 Å². The average molecular weight is 408 g/mol. The van der Waals surface area contributed by atoms with E-state index in [2.05, 4.69) is 34.2 Å². The Hall–Kier alpha value is -1.46. The summed E-state index contributed by atoms with van der Waals surface area (Å²) in [5, 5.41) is 3.04. The summed E-state index contributed by atoms with van der Waals surface area (Å²) in [5.74, 6) is 2.09. The number of hydrogen-bond donors (Lipinski definition) is 1. The van der Waals surface area contributed by atoms with Gasteiger partial charge in [0.05, 0.1) is 12.4 Å². The van der Waals surface area contributed by atoms with E-state index in [0.29, 0.717) is 12.4 Å². The van der Waals surface area contributed by atoms with E-state index in [9.17, 15) is 4.79 Å². The lowest BCUT2D eigenvalue weighted by Crippen LogP contribution is -2.17. The van der Waals surface area contributed by atoms with Crippen LogP contribution in [0.1, 0.15) is 18.1 Å². The molecule has 0 radical (unpaired) electrons. The van der Waals surface area contributed by atoms with Crippen molar-refractivity contribution in [2.45, 2.75) is 20.3 Å². The number of carbonyl (C=O) groups excluding carboxylic acids is 1. The molecule has 0 saturated carbocycles. The molecular weight excluding hydrogens is 386 g/mol. The number of nitrogens with one attached hydrogen (secondary N) is 1. The zero-order valence-corrected chi connectivity index (χ0v) is 16.4. The normalized spacial score (nSPS) is 10.5. The van der Waals surface area contributed by atoms with E-state index in [1.165, 1.54) is 5.56 Å². The van der Waals surface area contributed by atoms with Crippen LogP contribution >= 0.6 is 27.7 Å². The van der Waals surface area contributed by atoms with Crippen LogP contribution in [0.2, 0.25) is 0 Å². The van der Waals surface area contributed by atoms with Gasteiger partial charge in [-0.1, -0.05) is 41.1 Å². The molecule has 128 valence electrons. The standard InChI is InChI=1S/C19H22BrNO2S/c1-3-15-6-4-5-14(2)19(15)21-18(22)13-24-12-11-23-17-9-7-16(20)8-10-17/h4-10H,3,11-13H2,1-2H3,(H,21,22). The van der Waals surface area contributed by atoms with Gasteiger partial charge in [-0.05, 0) is 48.7 Å². The molecule has 24 heavy (non-hydrogen) atoms. The summed E-state index contributed by atoms with van der Waals surface area (Å²) >= 11 is 4.97. The maximum atomic E-state index is 12.1. The molecule has 0 aliphatic rings. The van der Waals surface area contributed by atoms with Gasteiger partial charge in [0.15, 0.2) is 0 Å². The minimum Gasteiger partial charge on any atom is -0.493 e. The van der Waals surface area contributed by atoms with Gasteiger partial charge in [0.25, 0.3) is 0 Å². The van der Waals surface area contributed by atoms with E-state index in [1.54, 1.807) is 11.8 Å². The van der Waals surface area contributed by atoms with Crippen molar-refractivity contribution in [3.8, 4) is 5.75 Å². The Bertz CT molecular complexity index is 674. The number of aryl methyl sites for hydroxylation is 2. The van der Waals surface area contributed by atoms with E-state index in [4.69, 9.17) is 4.74 Å². The van der Waals surface area contributed by atoms with E-state index < -0.39 is 0 Å². The van der Waals surface area contributed by atoms with Crippen LogP contribution in [0.4, 0.5) is 5.69 Å². The Labute approximate surface area is 156 Å². The highest BCUT2D eigenvalue weighted by Crippen LogP contribution is 2.21. The SMILES string of the molecule is CCc1cccc(C)c1NC(=O)CSCCOc1ccc(Br)cc1. The smallest absolute Gasteiger partial charge is 0.234 e. The molecule has 0 unspecified atom stereocenters. The quantitative estimate of drug-likeness (QED) is 0.620. The highest BCUT2D eigenvalue weighted by Gasteiger charge is 2.08. The molecule has 0 atom stereocenters. The van der Waals surface area contributed by atoms with Crippen LogP contribution in [0.5, 0.6) is 5.75 Å². The van der Waals surface area contributed by atoms with Crippen LogP contribution in [0.3, 0.4) is 0 Å². The van der Waals surface area contributed by atoms with Crippen molar-refractivity contribution in [3.05, 3.63) is 58.1 Å². The number of ether oxygens (including phenoxy) is 1. The van der Waals surface area contributed by atoms with Crippen molar-refractivity contribution in [2.24, 2.45) is 0 Å². The Kier molecular flexibility index (Phi) is 7.66.